The van der Waals surface area contributed by atoms with Gasteiger partial charge in [-0.1, -0.05) is 145 Å². The van der Waals surface area contributed by atoms with Gasteiger partial charge in [-0.05, 0) is 43.3 Å². The molecule has 2 aromatic carbocycles. The first-order valence-electron chi connectivity index (χ1n) is 15.9. The van der Waals surface area contributed by atoms with Crippen molar-refractivity contribution in [1.82, 2.24) is 0 Å². The minimum Gasteiger partial charge on any atom is -0.479 e. The van der Waals surface area contributed by atoms with Gasteiger partial charge in [0.05, 0.1) is 0 Å². The van der Waals surface area contributed by atoms with Crippen molar-refractivity contribution in [3.8, 4) is 0 Å². The molecule has 0 saturated heterocycles. The molecule has 1 N–H and O–H groups in total. The average molecular weight is 570 g/mol. The number of anilines is 1. The molecule has 0 radical (unpaired) electrons. The van der Waals surface area contributed by atoms with Crippen molar-refractivity contribution in [2.45, 2.75) is 128 Å². The molecule has 2 aromatic rings. The Morgan fingerprint density at radius 2 is 1.15 bits per heavy atom. The van der Waals surface area contributed by atoms with Crippen LogP contribution in [0.15, 0.2) is 60.7 Å². The molecule has 1 atom stereocenters. The Kier molecular flexibility index (Phi) is 20.3. The van der Waals surface area contributed by atoms with Gasteiger partial charge in [-0.25, -0.2) is 4.79 Å². The van der Waals surface area contributed by atoms with Crippen molar-refractivity contribution in [2.24, 2.45) is 0 Å². The number of para-hydroxylation sites is 1. The van der Waals surface area contributed by atoms with Gasteiger partial charge in [0.1, 0.15) is 6.10 Å². The monoisotopic (exact) mass is 569 g/mol. The highest BCUT2D eigenvalue weighted by Gasteiger charge is 2.30. The number of benzene rings is 2. The normalized spacial score (nSPS) is 11.9. The lowest BCUT2D eigenvalue weighted by molar-refractivity contribution is -0.145. The number of nitrogens with zero attached hydrogens (tertiary/aromatic N) is 1. The summed E-state index contributed by atoms with van der Waals surface area (Å²) < 4.78 is 6.16. The van der Waals surface area contributed by atoms with Crippen molar-refractivity contribution in [2.75, 3.05) is 19.0 Å². The zero-order valence-electron chi connectivity index (χ0n) is 26.4. The number of hydrogen-bond donors (Lipinski definition) is 1. The molecule has 1 unspecified atom stereocenters. The number of aliphatic carboxylic acids is 1. The number of carboxylic acid groups (broad SMARTS) is 1. The van der Waals surface area contributed by atoms with Gasteiger partial charge in [-0.2, -0.15) is 0 Å². The number of rotatable bonds is 21. The lowest BCUT2D eigenvalue weighted by Crippen LogP contribution is -2.41. The number of carboxylic acids is 1. The SMILES string of the molecule is CCCCCCCCCCCCCCCCC(O[Si](C)(C)Cc1ccccc1)C(=O)O.CN(C)c1ccccc1. The standard InChI is InChI=1S/C27H48O3Si.C8H11N/c1-4-5-6-7-8-9-10-11-12-13-14-15-16-20-23-26(27(28)29)30-31(2,3)24-25-21-18-17-19-22-25;1-9(2)8-6-4-3-5-7-8/h17-19,21-22,26H,4-16,20,23-24H2,1-3H3,(H,28,29);3-7H,1-2H3. The molecule has 0 aliphatic rings. The second kappa shape index (κ2) is 22.6. The molecule has 0 aliphatic heterocycles. The first-order valence-corrected chi connectivity index (χ1v) is 19.0. The Morgan fingerprint density at radius 1 is 0.725 bits per heavy atom. The van der Waals surface area contributed by atoms with E-state index in [-0.39, 0.29) is 0 Å². The predicted molar refractivity (Wildman–Crippen MR) is 176 cm³/mol. The summed E-state index contributed by atoms with van der Waals surface area (Å²) in [6.07, 6.45) is 18.4. The van der Waals surface area contributed by atoms with Gasteiger partial charge >= 0.3 is 5.97 Å². The minimum atomic E-state index is -2.06. The Bertz CT molecular complexity index is 857. The highest BCUT2D eigenvalue weighted by atomic mass is 28.4. The fraction of sp³-hybridized carbons (Fsp3) is 0.629. The summed E-state index contributed by atoms with van der Waals surface area (Å²) in [5, 5.41) is 9.60. The lowest BCUT2D eigenvalue weighted by atomic mass is 10.0. The van der Waals surface area contributed by atoms with Gasteiger partial charge in [0.25, 0.3) is 0 Å². The van der Waals surface area contributed by atoms with E-state index in [0.717, 1.165) is 18.9 Å². The Hall–Kier alpha value is -2.11. The van der Waals surface area contributed by atoms with Crippen LogP contribution in [0.4, 0.5) is 5.69 Å². The van der Waals surface area contributed by atoms with Crippen LogP contribution < -0.4 is 4.90 Å². The van der Waals surface area contributed by atoms with Crippen LogP contribution in [-0.2, 0) is 15.3 Å². The molecular formula is C35H59NO3Si. The van der Waals surface area contributed by atoms with Gasteiger partial charge in [0.2, 0.25) is 0 Å². The molecule has 0 aliphatic carbocycles. The smallest absolute Gasteiger partial charge is 0.331 e. The summed E-state index contributed by atoms with van der Waals surface area (Å²) in [5.74, 6) is -0.802. The largest absolute Gasteiger partial charge is 0.479 e. The number of carbonyl (C=O) groups is 1. The highest BCUT2D eigenvalue weighted by molar-refractivity contribution is 6.70. The van der Waals surface area contributed by atoms with E-state index in [1.165, 1.54) is 88.3 Å². The Balaban J connectivity index is 0.000000747. The minimum absolute atomic E-state index is 0.637. The average Bonchev–Trinajstić information content (AvgIpc) is 2.93. The van der Waals surface area contributed by atoms with Crippen LogP contribution in [0.1, 0.15) is 109 Å². The highest BCUT2D eigenvalue weighted by Crippen LogP contribution is 2.19. The number of hydrogen-bond acceptors (Lipinski definition) is 3. The molecule has 2 rings (SSSR count). The molecule has 4 nitrogen and oxygen atoms in total. The molecule has 0 saturated carbocycles. The summed E-state index contributed by atoms with van der Waals surface area (Å²) in [7, 11) is 2.02. The molecule has 0 amide bonds. The fourth-order valence-corrected chi connectivity index (χ4v) is 7.29. The van der Waals surface area contributed by atoms with Crippen molar-refractivity contribution in [3.63, 3.8) is 0 Å². The summed E-state index contributed by atoms with van der Waals surface area (Å²) in [5.41, 5.74) is 2.48. The summed E-state index contributed by atoms with van der Waals surface area (Å²) in [4.78, 5) is 13.8. The third-order valence-electron chi connectivity index (χ3n) is 7.30. The van der Waals surface area contributed by atoms with Gasteiger partial charge in [-0.15, -0.1) is 0 Å². The van der Waals surface area contributed by atoms with Crippen molar-refractivity contribution < 1.29 is 14.3 Å². The maximum atomic E-state index is 11.7. The molecule has 0 aromatic heterocycles. The molecule has 0 fully saturated rings. The van der Waals surface area contributed by atoms with E-state index < -0.39 is 20.4 Å². The van der Waals surface area contributed by atoms with E-state index in [9.17, 15) is 9.90 Å². The Morgan fingerprint density at radius 3 is 1.55 bits per heavy atom. The van der Waals surface area contributed by atoms with Gasteiger partial charge in [0.15, 0.2) is 8.32 Å². The summed E-state index contributed by atoms with van der Waals surface area (Å²) >= 11 is 0. The second-order valence-electron chi connectivity index (χ2n) is 12.0. The first kappa shape index (κ1) is 35.9. The first-order chi connectivity index (χ1) is 19.2. The third kappa shape index (κ3) is 19.0. The molecular weight excluding hydrogens is 510 g/mol. The summed E-state index contributed by atoms with van der Waals surface area (Å²) in [6.45, 7) is 6.52. The van der Waals surface area contributed by atoms with Crippen LogP contribution >= 0.6 is 0 Å². The van der Waals surface area contributed by atoms with E-state index in [2.05, 4.69) is 49.2 Å². The fourth-order valence-electron chi connectivity index (χ4n) is 5.00. The molecule has 40 heavy (non-hydrogen) atoms. The molecule has 0 heterocycles. The van der Waals surface area contributed by atoms with E-state index >= 15 is 0 Å². The van der Waals surface area contributed by atoms with Crippen molar-refractivity contribution >= 4 is 20.0 Å². The van der Waals surface area contributed by atoms with Crippen molar-refractivity contribution in [3.05, 3.63) is 66.2 Å². The predicted octanol–water partition coefficient (Wildman–Crippen LogP) is 10.1. The summed E-state index contributed by atoms with van der Waals surface area (Å²) in [6, 6.07) is 21.4. The quantitative estimate of drug-likeness (QED) is 0.120. The maximum Gasteiger partial charge on any atom is 0.331 e. The van der Waals surface area contributed by atoms with Crippen LogP contribution in [0.2, 0.25) is 13.1 Å². The number of unbranched alkanes of at least 4 members (excludes halogenated alkanes) is 13. The molecule has 5 heteroatoms. The third-order valence-corrected chi connectivity index (χ3v) is 9.48. The van der Waals surface area contributed by atoms with Crippen LogP contribution in [0.5, 0.6) is 0 Å². The van der Waals surface area contributed by atoms with Gasteiger partial charge < -0.3 is 14.4 Å². The van der Waals surface area contributed by atoms with Gasteiger partial charge in [-0.3, -0.25) is 0 Å². The van der Waals surface area contributed by atoms with Crippen molar-refractivity contribution in [1.29, 1.82) is 0 Å². The topological polar surface area (TPSA) is 49.8 Å². The van der Waals surface area contributed by atoms with Crippen LogP contribution in [-0.4, -0.2) is 39.6 Å². The molecule has 226 valence electrons. The van der Waals surface area contributed by atoms with E-state index in [0.29, 0.717) is 6.42 Å². The molecule has 0 spiro atoms. The maximum absolute atomic E-state index is 11.7. The second-order valence-corrected chi connectivity index (χ2v) is 16.1. The van der Waals surface area contributed by atoms with E-state index in [1.807, 2.05) is 50.5 Å². The van der Waals surface area contributed by atoms with Crippen LogP contribution in [0.3, 0.4) is 0 Å². The lowest BCUT2D eigenvalue weighted by Gasteiger charge is -2.27. The van der Waals surface area contributed by atoms with E-state index in [1.54, 1.807) is 0 Å². The Labute approximate surface area is 247 Å². The van der Waals surface area contributed by atoms with Crippen LogP contribution in [0.25, 0.3) is 0 Å². The zero-order valence-corrected chi connectivity index (χ0v) is 27.4. The zero-order chi connectivity index (χ0) is 29.5. The van der Waals surface area contributed by atoms with E-state index in [4.69, 9.17) is 4.43 Å². The molecule has 0 bridgehead atoms. The van der Waals surface area contributed by atoms with Crippen LogP contribution in [0, 0.1) is 0 Å². The van der Waals surface area contributed by atoms with Gasteiger partial charge in [0, 0.05) is 19.8 Å².